The molecule has 22 heavy (non-hydrogen) atoms. The predicted molar refractivity (Wildman–Crippen MR) is 82.3 cm³/mol. The summed E-state index contributed by atoms with van der Waals surface area (Å²) in [7, 11) is 0. The molecule has 0 saturated heterocycles. The molecule has 2 N–H and O–H groups in total. The number of carbonyl (C=O) groups is 2. The van der Waals surface area contributed by atoms with Crippen molar-refractivity contribution in [3.05, 3.63) is 48.5 Å². The Morgan fingerprint density at radius 1 is 1.41 bits per heavy atom. The largest absolute Gasteiger partial charge is 0.355 e. The van der Waals surface area contributed by atoms with Crippen LogP contribution in [0.2, 0.25) is 0 Å². The van der Waals surface area contributed by atoms with Crippen molar-refractivity contribution in [1.82, 2.24) is 14.9 Å². The van der Waals surface area contributed by atoms with Crippen LogP contribution in [0.5, 0.6) is 0 Å². The van der Waals surface area contributed by atoms with Gasteiger partial charge in [0, 0.05) is 37.6 Å². The second-order valence-electron chi connectivity index (χ2n) is 5.34. The lowest BCUT2D eigenvalue weighted by molar-refractivity contribution is -0.126. The Morgan fingerprint density at radius 3 is 3.09 bits per heavy atom. The fourth-order valence-electron chi connectivity index (χ4n) is 2.66. The zero-order chi connectivity index (χ0) is 15.4. The standard InChI is InChI=1S/C16H18N4O2/c21-15-10-13(12-4-1-2-5-14(12)19-15)16(22)18-6-3-8-20-9-7-17-11-20/h1-2,4-5,7,9,11,13H,3,6,8,10H2,(H,18,22)(H,19,21). The summed E-state index contributed by atoms with van der Waals surface area (Å²) in [5.74, 6) is -0.608. The number of benzene rings is 1. The van der Waals surface area contributed by atoms with Crippen LogP contribution in [0.1, 0.15) is 24.3 Å². The van der Waals surface area contributed by atoms with E-state index in [9.17, 15) is 9.59 Å². The van der Waals surface area contributed by atoms with Crippen LogP contribution < -0.4 is 10.6 Å². The van der Waals surface area contributed by atoms with Gasteiger partial charge in [0.2, 0.25) is 11.8 Å². The van der Waals surface area contributed by atoms with Gasteiger partial charge < -0.3 is 15.2 Å². The van der Waals surface area contributed by atoms with Gasteiger partial charge in [-0.25, -0.2) is 4.98 Å². The minimum atomic E-state index is -0.404. The topological polar surface area (TPSA) is 76.0 Å². The average Bonchev–Trinajstić information content (AvgIpc) is 3.04. The number of fused-ring (bicyclic) bond motifs is 1. The van der Waals surface area contributed by atoms with E-state index in [1.807, 2.05) is 35.0 Å². The number of para-hydroxylation sites is 1. The van der Waals surface area contributed by atoms with Crippen molar-refractivity contribution in [2.24, 2.45) is 0 Å². The molecule has 0 fully saturated rings. The van der Waals surface area contributed by atoms with Crippen molar-refractivity contribution in [3.8, 4) is 0 Å². The second-order valence-corrected chi connectivity index (χ2v) is 5.34. The van der Waals surface area contributed by atoms with Crippen LogP contribution in [0.3, 0.4) is 0 Å². The third-order valence-corrected chi connectivity index (χ3v) is 3.77. The minimum Gasteiger partial charge on any atom is -0.355 e. The van der Waals surface area contributed by atoms with Crippen LogP contribution in [-0.4, -0.2) is 27.9 Å². The number of anilines is 1. The van der Waals surface area contributed by atoms with Gasteiger partial charge in [0.05, 0.1) is 12.2 Å². The molecule has 0 aliphatic carbocycles. The highest BCUT2D eigenvalue weighted by molar-refractivity contribution is 6.01. The molecule has 0 saturated carbocycles. The first-order valence-corrected chi connectivity index (χ1v) is 7.36. The van der Waals surface area contributed by atoms with Crippen LogP contribution in [0, 0.1) is 0 Å². The number of amides is 2. The maximum atomic E-state index is 12.4. The molecule has 6 nitrogen and oxygen atoms in total. The van der Waals surface area contributed by atoms with E-state index < -0.39 is 5.92 Å². The highest BCUT2D eigenvalue weighted by Crippen LogP contribution is 2.31. The highest BCUT2D eigenvalue weighted by Gasteiger charge is 2.29. The lowest BCUT2D eigenvalue weighted by Gasteiger charge is -2.24. The molecule has 1 aliphatic heterocycles. The minimum absolute atomic E-state index is 0.0899. The SMILES string of the molecule is O=C1CC(C(=O)NCCCn2ccnc2)c2ccccc2N1. The van der Waals surface area contributed by atoms with E-state index >= 15 is 0 Å². The molecule has 2 amide bonds. The van der Waals surface area contributed by atoms with Gasteiger partial charge in [0.15, 0.2) is 0 Å². The number of aromatic nitrogens is 2. The first kappa shape index (κ1) is 14.3. The van der Waals surface area contributed by atoms with Crippen LogP contribution in [0.15, 0.2) is 43.0 Å². The van der Waals surface area contributed by atoms with E-state index in [0.717, 1.165) is 24.2 Å². The molecule has 2 aromatic rings. The van der Waals surface area contributed by atoms with E-state index in [4.69, 9.17) is 0 Å². The molecule has 2 heterocycles. The lowest BCUT2D eigenvalue weighted by Crippen LogP contribution is -2.35. The molecule has 0 bridgehead atoms. The van der Waals surface area contributed by atoms with Crippen LogP contribution in [-0.2, 0) is 16.1 Å². The molecular weight excluding hydrogens is 280 g/mol. The van der Waals surface area contributed by atoms with Crippen molar-refractivity contribution in [1.29, 1.82) is 0 Å². The molecule has 6 heteroatoms. The van der Waals surface area contributed by atoms with Crippen molar-refractivity contribution >= 4 is 17.5 Å². The Bertz CT molecular complexity index is 667. The average molecular weight is 298 g/mol. The highest BCUT2D eigenvalue weighted by atomic mass is 16.2. The summed E-state index contributed by atoms with van der Waals surface area (Å²) in [6, 6.07) is 7.45. The maximum absolute atomic E-state index is 12.4. The second kappa shape index (κ2) is 6.43. The first-order valence-electron chi connectivity index (χ1n) is 7.36. The summed E-state index contributed by atoms with van der Waals surface area (Å²) in [4.78, 5) is 28.1. The van der Waals surface area contributed by atoms with E-state index in [1.54, 1.807) is 12.5 Å². The molecule has 3 rings (SSSR count). The van der Waals surface area contributed by atoms with Crippen molar-refractivity contribution in [2.45, 2.75) is 25.3 Å². The zero-order valence-electron chi connectivity index (χ0n) is 12.2. The smallest absolute Gasteiger partial charge is 0.228 e. The van der Waals surface area contributed by atoms with Crippen molar-refractivity contribution < 1.29 is 9.59 Å². The number of imidazole rings is 1. The first-order chi connectivity index (χ1) is 10.7. The van der Waals surface area contributed by atoms with Crippen molar-refractivity contribution in [2.75, 3.05) is 11.9 Å². The van der Waals surface area contributed by atoms with E-state index in [2.05, 4.69) is 15.6 Å². The third kappa shape index (κ3) is 3.16. The van der Waals surface area contributed by atoms with Gasteiger partial charge in [-0.1, -0.05) is 18.2 Å². The molecule has 114 valence electrons. The summed E-state index contributed by atoms with van der Waals surface area (Å²) in [5, 5.41) is 5.72. The number of carbonyl (C=O) groups excluding carboxylic acids is 2. The summed E-state index contributed by atoms with van der Waals surface area (Å²) in [6.45, 7) is 1.39. The molecule has 1 atom stereocenters. The monoisotopic (exact) mass is 298 g/mol. The molecule has 1 aromatic carbocycles. The Hall–Kier alpha value is -2.63. The van der Waals surface area contributed by atoms with Gasteiger partial charge in [-0.15, -0.1) is 0 Å². The van der Waals surface area contributed by atoms with Gasteiger partial charge >= 0.3 is 0 Å². The Balaban J connectivity index is 1.57. The van der Waals surface area contributed by atoms with Gasteiger partial charge in [-0.3, -0.25) is 9.59 Å². The summed E-state index contributed by atoms with van der Waals surface area (Å²) in [5.41, 5.74) is 1.62. The quantitative estimate of drug-likeness (QED) is 0.822. The number of rotatable bonds is 5. The van der Waals surface area contributed by atoms with Gasteiger partial charge in [-0.2, -0.15) is 0 Å². The van der Waals surface area contributed by atoms with Crippen LogP contribution >= 0.6 is 0 Å². The lowest BCUT2D eigenvalue weighted by atomic mass is 9.90. The summed E-state index contributed by atoms with van der Waals surface area (Å²) >= 11 is 0. The molecule has 0 spiro atoms. The molecule has 1 unspecified atom stereocenters. The Kier molecular flexibility index (Phi) is 4.18. The van der Waals surface area contributed by atoms with Gasteiger partial charge in [0.25, 0.3) is 0 Å². The molecule has 0 radical (unpaired) electrons. The fraction of sp³-hybridized carbons (Fsp3) is 0.312. The predicted octanol–water partition coefficient (Wildman–Crippen LogP) is 1.52. The van der Waals surface area contributed by atoms with E-state index in [-0.39, 0.29) is 18.2 Å². The number of nitrogens with one attached hydrogen (secondary N) is 2. The van der Waals surface area contributed by atoms with E-state index in [1.165, 1.54) is 0 Å². The third-order valence-electron chi connectivity index (χ3n) is 3.77. The Labute approximate surface area is 128 Å². The van der Waals surface area contributed by atoms with Crippen LogP contribution in [0.25, 0.3) is 0 Å². The Morgan fingerprint density at radius 2 is 2.27 bits per heavy atom. The van der Waals surface area contributed by atoms with Gasteiger partial charge in [0.1, 0.15) is 0 Å². The fourth-order valence-corrected chi connectivity index (χ4v) is 2.66. The summed E-state index contributed by atoms with van der Waals surface area (Å²) in [6.07, 6.45) is 6.40. The van der Waals surface area contributed by atoms with E-state index in [0.29, 0.717) is 6.54 Å². The zero-order valence-corrected chi connectivity index (χ0v) is 12.2. The van der Waals surface area contributed by atoms with Gasteiger partial charge in [-0.05, 0) is 18.1 Å². The number of hydrogen-bond donors (Lipinski definition) is 2. The van der Waals surface area contributed by atoms with Crippen molar-refractivity contribution in [3.63, 3.8) is 0 Å². The number of hydrogen-bond acceptors (Lipinski definition) is 3. The summed E-state index contributed by atoms with van der Waals surface area (Å²) < 4.78 is 1.97. The molecule has 1 aromatic heterocycles. The molecule has 1 aliphatic rings. The normalized spacial score (nSPS) is 16.7. The number of nitrogens with zero attached hydrogens (tertiary/aromatic N) is 2. The maximum Gasteiger partial charge on any atom is 0.228 e. The number of aryl methyl sites for hydroxylation is 1. The molecular formula is C16H18N4O2. The van der Waals surface area contributed by atoms with Crippen LogP contribution in [0.4, 0.5) is 5.69 Å².